The summed E-state index contributed by atoms with van der Waals surface area (Å²) in [6, 6.07) is 24.0. The molecule has 5 aromatic rings. The van der Waals surface area contributed by atoms with Gasteiger partial charge in [-0.2, -0.15) is 0 Å². The monoisotopic (exact) mass is 299 g/mol. The number of rotatable bonds is 1. The predicted molar refractivity (Wildman–Crippen MR) is 96.6 cm³/mol. The van der Waals surface area contributed by atoms with E-state index in [1.165, 1.54) is 43.0 Å². The lowest BCUT2D eigenvalue weighted by Gasteiger charge is -2.01. The Bertz CT molecular complexity index is 1120. The highest BCUT2D eigenvalue weighted by atomic mass is 32.1. The summed E-state index contributed by atoms with van der Waals surface area (Å²) < 4.78 is 1.34. The van der Waals surface area contributed by atoms with Crippen molar-refractivity contribution in [2.45, 2.75) is 0 Å². The molecule has 0 amide bonds. The van der Waals surface area contributed by atoms with Crippen LogP contribution < -0.4 is 0 Å². The Morgan fingerprint density at radius 3 is 2.45 bits per heavy atom. The minimum absolute atomic E-state index is 1.20. The first-order valence-electron chi connectivity index (χ1n) is 7.37. The number of hydrogen-bond donors (Lipinski definition) is 1. The van der Waals surface area contributed by atoms with E-state index in [4.69, 9.17) is 0 Å². The lowest BCUT2D eigenvalue weighted by molar-refractivity contribution is 1.55. The van der Waals surface area contributed by atoms with Crippen LogP contribution in [0.1, 0.15) is 0 Å². The van der Waals surface area contributed by atoms with Crippen molar-refractivity contribution in [2.75, 3.05) is 0 Å². The van der Waals surface area contributed by atoms with Crippen molar-refractivity contribution in [3.05, 3.63) is 72.1 Å². The van der Waals surface area contributed by atoms with Crippen LogP contribution >= 0.6 is 11.3 Å². The van der Waals surface area contributed by atoms with E-state index in [9.17, 15) is 0 Å². The molecule has 104 valence electrons. The first-order valence-corrected chi connectivity index (χ1v) is 8.24. The van der Waals surface area contributed by atoms with Crippen LogP contribution in [-0.2, 0) is 0 Å². The Labute approximate surface area is 131 Å². The van der Waals surface area contributed by atoms with Gasteiger partial charge in [0.05, 0.1) is 0 Å². The second-order valence-corrected chi connectivity index (χ2v) is 6.56. The second-order valence-electron chi connectivity index (χ2n) is 5.61. The summed E-state index contributed by atoms with van der Waals surface area (Å²) in [4.78, 5) is 3.55. The van der Waals surface area contributed by atoms with Gasteiger partial charge in [-0.3, -0.25) is 0 Å². The molecule has 0 saturated carbocycles. The van der Waals surface area contributed by atoms with Crippen molar-refractivity contribution in [3.63, 3.8) is 0 Å². The van der Waals surface area contributed by atoms with Gasteiger partial charge in [0.25, 0.3) is 0 Å². The van der Waals surface area contributed by atoms with Gasteiger partial charge in [-0.25, -0.2) is 0 Å². The van der Waals surface area contributed by atoms with Crippen molar-refractivity contribution in [1.29, 1.82) is 0 Å². The Hall–Kier alpha value is -2.58. The molecule has 22 heavy (non-hydrogen) atoms. The number of nitrogens with one attached hydrogen (secondary N) is 1. The molecule has 1 nitrogen and oxygen atoms in total. The number of aromatic amines is 1. The Morgan fingerprint density at radius 2 is 1.55 bits per heavy atom. The van der Waals surface area contributed by atoms with Gasteiger partial charge in [-0.15, -0.1) is 11.3 Å². The molecular formula is C20H13NS. The fourth-order valence-corrected chi connectivity index (χ4v) is 3.98. The van der Waals surface area contributed by atoms with Gasteiger partial charge < -0.3 is 4.98 Å². The van der Waals surface area contributed by atoms with Gasteiger partial charge in [0.1, 0.15) is 0 Å². The molecule has 0 bridgehead atoms. The van der Waals surface area contributed by atoms with Gasteiger partial charge in [0, 0.05) is 26.5 Å². The smallest absolute Gasteiger partial charge is 0.0479 e. The van der Waals surface area contributed by atoms with Crippen LogP contribution in [0.15, 0.2) is 72.1 Å². The number of fused-ring (bicyclic) bond motifs is 4. The Balaban J connectivity index is 1.84. The minimum Gasteiger partial charge on any atom is -0.354 e. The third-order valence-electron chi connectivity index (χ3n) is 4.28. The number of hydrogen-bond acceptors (Lipinski definition) is 1. The second kappa shape index (κ2) is 4.46. The van der Waals surface area contributed by atoms with Crippen LogP contribution in [0.25, 0.3) is 43.0 Å². The van der Waals surface area contributed by atoms with Crippen LogP contribution in [-0.4, -0.2) is 4.98 Å². The first kappa shape index (κ1) is 12.0. The van der Waals surface area contributed by atoms with Crippen molar-refractivity contribution < 1.29 is 0 Å². The molecule has 1 N–H and O–H groups in total. The first-order chi connectivity index (χ1) is 10.9. The summed E-state index contributed by atoms with van der Waals surface area (Å²) >= 11 is 1.79. The maximum atomic E-state index is 3.55. The Kier molecular flexibility index (Phi) is 2.43. The third-order valence-corrected chi connectivity index (χ3v) is 5.16. The number of aromatic nitrogens is 1. The standard InChI is InChI=1S/C20H13NS/c1-2-4-13(5-3-1)14-6-7-18-16(10-14)17-11-15-8-9-22-20(15)12-19(17)21-18/h1-12,21H. The van der Waals surface area contributed by atoms with Gasteiger partial charge in [0.2, 0.25) is 0 Å². The molecule has 0 aliphatic rings. The van der Waals surface area contributed by atoms with E-state index in [0.717, 1.165) is 0 Å². The molecule has 5 rings (SSSR count). The summed E-state index contributed by atoms with van der Waals surface area (Å²) in [5.41, 5.74) is 4.94. The van der Waals surface area contributed by atoms with Crippen LogP contribution in [0.4, 0.5) is 0 Å². The van der Waals surface area contributed by atoms with E-state index in [1.54, 1.807) is 11.3 Å². The maximum absolute atomic E-state index is 3.55. The highest BCUT2D eigenvalue weighted by molar-refractivity contribution is 7.17. The molecule has 3 aromatic carbocycles. The van der Waals surface area contributed by atoms with Crippen molar-refractivity contribution in [3.8, 4) is 11.1 Å². The highest BCUT2D eigenvalue weighted by Crippen LogP contribution is 2.33. The molecule has 2 heteroatoms. The van der Waals surface area contributed by atoms with Gasteiger partial charge in [-0.1, -0.05) is 36.4 Å². The number of benzene rings is 3. The van der Waals surface area contributed by atoms with Crippen LogP contribution in [0.2, 0.25) is 0 Å². The maximum Gasteiger partial charge on any atom is 0.0479 e. The summed E-state index contributed by atoms with van der Waals surface area (Å²) in [5.74, 6) is 0. The topological polar surface area (TPSA) is 15.8 Å². The van der Waals surface area contributed by atoms with Crippen LogP contribution in [0.3, 0.4) is 0 Å². The van der Waals surface area contributed by atoms with Crippen LogP contribution in [0.5, 0.6) is 0 Å². The predicted octanol–water partition coefficient (Wildman–Crippen LogP) is 6.20. The molecule has 0 aliphatic carbocycles. The fourth-order valence-electron chi connectivity index (χ4n) is 3.17. The highest BCUT2D eigenvalue weighted by Gasteiger charge is 2.08. The molecule has 2 aromatic heterocycles. The van der Waals surface area contributed by atoms with Gasteiger partial charge in [-0.05, 0) is 52.2 Å². The van der Waals surface area contributed by atoms with E-state index in [0.29, 0.717) is 0 Å². The summed E-state index contributed by atoms with van der Waals surface area (Å²) in [5, 5.41) is 6.08. The zero-order chi connectivity index (χ0) is 14.5. The van der Waals surface area contributed by atoms with E-state index in [2.05, 4.69) is 77.1 Å². The molecule has 0 saturated heterocycles. The molecular weight excluding hydrogens is 286 g/mol. The average Bonchev–Trinajstić information content (AvgIpc) is 3.16. The van der Waals surface area contributed by atoms with Crippen molar-refractivity contribution in [1.82, 2.24) is 4.98 Å². The van der Waals surface area contributed by atoms with E-state index in [1.807, 2.05) is 0 Å². The molecule has 0 unspecified atom stereocenters. The molecule has 0 spiro atoms. The lowest BCUT2D eigenvalue weighted by atomic mass is 10.0. The Morgan fingerprint density at radius 1 is 0.682 bits per heavy atom. The van der Waals surface area contributed by atoms with E-state index >= 15 is 0 Å². The van der Waals surface area contributed by atoms with E-state index < -0.39 is 0 Å². The number of H-pyrrole nitrogens is 1. The third kappa shape index (κ3) is 1.71. The zero-order valence-corrected chi connectivity index (χ0v) is 12.7. The van der Waals surface area contributed by atoms with Gasteiger partial charge in [0.15, 0.2) is 0 Å². The molecule has 0 aliphatic heterocycles. The molecule has 0 atom stereocenters. The summed E-state index contributed by atoms with van der Waals surface area (Å²) in [6.07, 6.45) is 0. The largest absolute Gasteiger partial charge is 0.354 e. The minimum atomic E-state index is 1.20. The SMILES string of the molecule is c1ccc(-c2ccc3[nH]c4cc5sccc5cc4c3c2)cc1. The van der Waals surface area contributed by atoms with Crippen molar-refractivity contribution in [2.24, 2.45) is 0 Å². The lowest BCUT2D eigenvalue weighted by Crippen LogP contribution is -1.76. The van der Waals surface area contributed by atoms with Crippen molar-refractivity contribution >= 4 is 43.2 Å². The average molecular weight is 299 g/mol. The fraction of sp³-hybridized carbons (Fsp3) is 0. The quantitative estimate of drug-likeness (QED) is 0.379. The molecule has 2 heterocycles. The molecule has 0 fully saturated rings. The summed E-state index contributed by atoms with van der Waals surface area (Å²) in [6.45, 7) is 0. The molecule has 0 radical (unpaired) electrons. The number of thiophene rings is 1. The van der Waals surface area contributed by atoms with E-state index in [-0.39, 0.29) is 0 Å². The van der Waals surface area contributed by atoms with Gasteiger partial charge >= 0.3 is 0 Å². The van der Waals surface area contributed by atoms with Crippen LogP contribution in [0, 0.1) is 0 Å². The zero-order valence-electron chi connectivity index (χ0n) is 11.8. The summed E-state index contributed by atoms with van der Waals surface area (Å²) in [7, 11) is 0. The normalized spacial score (nSPS) is 11.6.